The van der Waals surface area contributed by atoms with E-state index in [-0.39, 0.29) is 25.0 Å². The Labute approximate surface area is 103 Å². The number of H-pyrrole nitrogens is 1. The first-order valence-electron chi connectivity index (χ1n) is 5.56. The monoisotopic (exact) mass is 254 g/mol. The molecule has 0 aliphatic carbocycles. The van der Waals surface area contributed by atoms with Crippen LogP contribution in [-0.2, 0) is 11.3 Å². The van der Waals surface area contributed by atoms with Gasteiger partial charge in [-0.05, 0) is 5.92 Å². The van der Waals surface area contributed by atoms with Gasteiger partial charge in [0.1, 0.15) is 0 Å². The molecule has 2 amide bonds. The number of hydrogen-bond donors (Lipinski definition) is 3. The van der Waals surface area contributed by atoms with Gasteiger partial charge in [0.2, 0.25) is 0 Å². The second-order valence-corrected chi connectivity index (χ2v) is 4.31. The highest BCUT2D eigenvalue weighted by atomic mass is 16.4. The highest BCUT2D eigenvalue weighted by Gasteiger charge is 2.36. The molecule has 1 aromatic rings. The summed E-state index contributed by atoms with van der Waals surface area (Å²) < 4.78 is 0. The van der Waals surface area contributed by atoms with Gasteiger partial charge in [-0.25, -0.2) is 4.79 Å². The lowest BCUT2D eigenvalue weighted by Gasteiger charge is -2.15. The van der Waals surface area contributed by atoms with Gasteiger partial charge in [-0.15, -0.1) is 10.2 Å². The molecule has 0 spiro atoms. The Bertz CT molecular complexity index is 434. The summed E-state index contributed by atoms with van der Waals surface area (Å²) in [6.45, 7) is 2.66. The number of aromatic amines is 1. The van der Waals surface area contributed by atoms with Gasteiger partial charge in [-0.2, -0.15) is 5.21 Å². The number of carboxylic acid groups (broad SMARTS) is 1. The minimum absolute atomic E-state index is 0.0431. The number of rotatable bonds is 3. The van der Waals surface area contributed by atoms with Crippen LogP contribution in [0, 0.1) is 11.8 Å². The van der Waals surface area contributed by atoms with Crippen LogP contribution >= 0.6 is 0 Å². The highest BCUT2D eigenvalue weighted by molar-refractivity contribution is 5.77. The molecule has 2 atom stereocenters. The van der Waals surface area contributed by atoms with Gasteiger partial charge in [-0.1, -0.05) is 12.1 Å². The van der Waals surface area contributed by atoms with Crippen molar-refractivity contribution in [2.24, 2.45) is 11.8 Å². The van der Waals surface area contributed by atoms with E-state index in [1.807, 2.05) is 6.92 Å². The number of aliphatic carboxylic acids is 1. The van der Waals surface area contributed by atoms with E-state index in [9.17, 15) is 9.59 Å². The quantitative estimate of drug-likeness (QED) is 0.639. The zero-order valence-corrected chi connectivity index (χ0v) is 9.83. The highest BCUT2D eigenvalue weighted by Crippen LogP contribution is 2.22. The normalized spacial score (nSPS) is 23.1. The molecule has 1 aliphatic heterocycles. The van der Waals surface area contributed by atoms with Crippen molar-refractivity contribution >= 4 is 12.0 Å². The molecular weight excluding hydrogens is 240 g/mol. The van der Waals surface area contributed by atoms with Crippen molar-refractivity contribution < 1.29 is 14.7 Å². The molecular formula is C9H14N6O3. The number of hydrogen-bond acceptors (Lipinski definition) is 5. The maximum Gasteiger partial charge on any atom is 0.317 e. The summed E-state index contributed by atoms with van der Waals surface area (Å²) in [5, 5.41) is 24.6. The molecule has 1 aromatic heterocycles. The Morgan fingerprint density at radius 1 is 1.56 bits per heavy atom. The molecule has 98 valence electrons. The maximum absolute atomic E-state index is 11.8. The van der Waals surface area contributed by atoms with Crippen LogP contribution in [0.2, 0.25) is 0 Å². The largest absolute Gasteiger partial charge is 0.481 e. The van der Waals surface area contributed by atoms with E-state index < -0.39 is 11.9 Å². The summed E-state index contributed by atoms with van der Waals surface area (Å²) in [4.78, 5) is 24.2. The Morgan fingerprint density at radius 3 is 2.89 bits per heavy atom. The smallest absolute Gasteiger partial charge is 0.317 e. The summed E-state index contributed by atoms with van der Waals surface area (Å²) in [6, 6.07) is -0.310. The van der Waals surface area contributed by atoms with E-state index in [0.29, 0.717) is 12.4 Å². The molecule has 3 N–H and O–H groups in total. The van der Waals surface area contributed by atoms with Crippen LogP contribution in [0.1, 0.15) is 12.7 Å². The van der Waals surface area contributed by atoms with Gasteiger partial charge in [0.05, 0.1) is 12.5 Å². The lowest BCUT2D eigenvalue weighted by Crippen LogP contribution is -2.38. The second-order valence-electron chi connectivity index (χ2n) is 4.31. The Balaban J connectivity index is 1.85. The Kier molecular flexibility index (Phi) is 3.40. The van der Waals surface area contributed by atoms with E-state index >= 15 is 0 Å². The third-order valence-corrected chi connectivity index (χ3v) is 3.00. The van der Waals surface area contributed by atoms with E-state index in [1.165, 1.54) is 4.90 Å². The Morgan fingerprint density at radius 2 is 2.33 bits per heavy atom. The van der Waals surface area contributed by atoms with E-state index in [2.05, 4.69) is 25.9 Å². The minimum atomic E-state index is -0.865. The molecule has 0 radical (unpaired) electrons. The number of aromatic nitrogens is 4. The zero-order valence-electron chi connectivity index (χ0n) is 9.83. The van der Waals surface area contributed by atoms with Crippen molar-refractivity contribution in [2.75, 3.05) is 13.1 Å². The van der Waals surface area contributed by atoms with Crippen molar-refractivity contribution in [2.45, 2.75) is 13.5 Å². The molecule has 9 heteroatoms. The summed E-state index contributed by atoms with van der Waals surface area (Å²) in [7, 11) is 0. The van der Waals surface area contributed by atoms with Crippen LogP contribution in [0.25, 0.3) is 0 Å². The van der Waals surface area contributed by atoms with Gasteiger partial charge in [0, 0.05) is 13.1 Å². The SMILES string of the molecule is C[C@@H]1CN(C(=O)NCc2nn[nH]n2)C[C@H]1C(=O)O. The van der Waals surface area contributed by atoms with Crippen molar-refractivity contribution in [1.29, 1.82) is 0 Å². The number of amides is 2. The van der Waals surface area contributed by atoms with Crippen LogP contribution < -0.4 is 5.32 Å². The first-order chi connectivity index (χ1) is 8.58. The number of nitrogens with zero attached hydrogens (tertiary/aromatic N) is 4. The number of carbonyl (C=O) groups excluding carboxylic acids is 1. The topological polar surface area (TPSA) is 124 Å². The zero-order chi connectivity index (χ0) is 13.1. The third-order valence-electron chi connectivity index (χ3n) is 3.00. The Hall–Kier alpha value is -2.19. The number of carboxylic acids is 1. The first kappa shape index (κ1) is 12.3. The molecule has 0 saturated carbocycles. The standard InChI is InChI=1S/C9H14N6O3/c1-5-3-15(4-6(5)8(16)17)9(18)10-2-7-11-13-14-12-7/h5-6H,2-4H2,1H3,(H,10,18)(H,16,17)(H,11,12,13,14)/t5-,6-/m1/s1. The van der Waals surface area contributed by atoms with Crippen LogP contribution in [0.3, 0.4) is 0 Å². The van der Waals surface area contributed by atoms with Crippen molar-refractivity contribution in [3.8, 4) is 0 Å². The molecule has 0 unspecified atom stereocenters. The van der Waals surface area contributed by atoms with Crippen molar-refractivity contribution in [1.82, 2.24) is 30.8 Å². The number of urea groups is 1. The average Bonchev–Trinajstić information content (AvgIpc) is 2.94. The third kappa shape index (κ3) is 2.55. The van der Waals surface area contributed by atoms with Gasteiger partial charge in [0.15, 0.2) is 5.82 Å². The molecule has 1 fully saturated rings. The van der Waals surface area contributed by atoms with Gasteiger partial charge >= 0.3 is 12.0 Å². The number of likely N-dealkylation sites (tertiary alicyclic amines) is 1. The summed E-state index contributed by atoms with van der Waals surface area (Å²) >= 11 is 0. The van der Waals surface area contributed by atoms with Gasteiger partial charge < -0.3 is 15.3 Å². The van der Waals surface area contributed by atoms with Crippen LogP contribution in [-0.4, -0.2) is 55.7 Å². The molecule has 1 aliphatic rings. The van der Waals surface area contributed by atoms with Crippen molar-refractivity contribution in [3.05, 3.63) is 5.82 Å². The summed E-state index contributed by atoms with van der Waals surface area (Å²) in [6.07, 6.45) is 0. The van der Waals surface area contributed by atoms with Crippen molar-refractivity contribution in [3.63, 3.8) is 0 Å². The van der Waals surface area contributed by atoms with E-state index in [4.69, 9.17) is 5.11 Å². The van der Waals surface area contributed by atoms with Crippen LogP contribution in [0.5, 0.6) is 0 Å². The van der Waals surface area contributed by atoms with E-state index in [0.717, 1.165) is 0 Å². The lowest BCUT2D eigenvalue weighted by molar-refractivity contribution is -0.142. The van der Waals surface area contributed by atoms with Gasteiger partial charge in [0.25, 0.3) is 0 Å². The van der Waals surface area contributed by atoms with Crippen LogP contribution in [0.15, 0.2) is 0 Å². The number of tetrazole rings is 1. The number of nitrogens with one attached hydrogen (secondary N) is 2. The molecule has 2 heterocycles. The fourth-order valence-electron chi connectivity index (χ4n) is 1.98. The minimum Gasteiger partial charge on any atom is -0.481 e. The molecule has 9 nitrogen and oxygen atoms in total. The molecule has 1 saturated heterocycles. The maximum atomic E-state index is 11.8. The van der Waals surface area contributed by atoms with Crippen LogP contribution in [0.4, 0.5) is 4.79 Å². The average molecular weight is 254 g/mol. The predicted octanol–water partition coefficient (Wildman–Crippen LogP) is -0.938. The number of carbonyl (C=O) groups is 2. The molecule has 0 bridgehead atoms. The first-order valence-corrected chi connectivity index (χ1v) is 5.56. The summed E-state index contributed by atoms with van der Waals surface area (Å²) in [5.41, 5.74) is 0. The molecule has 0 aromatic carbocycles. The molecule has 18 heavy (non-hydrogen) atoms. The molecule has 2 rings (SSSR count). The predicted molar refractivity (Wildman–Crippen MR) is 58.3 cm³/mol. The van der Waals surface area contributed by atoms with Gasteiger partial charge in [-0.3, -0.25) is 4.79 Å². The second kappa shape index (κ2) is 4.98. The fourth-order valence-corrected chi connectivity index (χ4v) is 1.98. The fraction of sp³-hybridized carbons (Fsp3) is 0.667. The summed E-state index contributed by atoms with van der Waals surface area (Å²) in [5.74, 6) is -1.03. The van der Waals surface area contributed by atoms with E-state index in [1.54, 1.807) is 0 Å². The lowest BCUT2D eigenvalue weighted by atomic mass is 9.99.